The monoisotopic (exact) mass is 215 g/mol. The van der Waals surface area contributed by atoms with Crippen molar-refractivity contribution in [3.63, 3.8) is 0 Å². The number of nitrogens with zero attached hydrogens (tertiary/aromatic N) is 1. The zero-order chi connectivity index (χ0) is 11.5. The third-order valence-corrected chi connectivity index (χ3v) is 2.27. The summed E-state index contributed by atoms with van der Waals surface area (Å²) in [5.74, 6) is 0. The second-order valence-corrected chi connectivity index (χ2v) is 3.78. The van der Waals surface area contributed by atoms with Crippen LogP contribution in [0.5, 0.6) is 0 Å². The summed E-state index contributed by atoms with van der Waals surface area (Å²) in [5, 5.41) is 0. The van der Waals surface area contributed by atoms with E-state index in [0.717, 1.165) is 22.6 Å². The Labute approximate surface area is 93.2 Å². The molecule has 0 aliphatic carbocycles. The molecule has 2 aromatic rings. The standard InChI is InChI=1S/C12H13N3O/c1-8-5-11(15-12(16)14-8)7-9-3-2-4-10(13)6-9/h2-6H,7,13H2,1H3,(H,14,15,16). The van der Waals surface area contributed by atoms with Crippen LogP contribution in [0.25, 0.3) is 0 Å². The van der Waals surface area contributed by atoms with Crippen LogP contribution >= 0.6 is 0 Å². The van der Waals surface area contributed by atoms with E-state index in [1.807, 2.05) is 37.3 Å². The first kappa shape index (κ1) is 10.4. The highest BCUT2D eigenvalue weighted by atomic mass is 16.1. The van der Waals surface area contributed by atoms with Crippen LogP contribution in [0.3, 0.4) is 0 Å². The van der Waals surface area contributed by atoms with Gasteiger partial charge in [-0.3, -0.25) is 0 Å². The first-order chi connectivity index (χ1) is 7.63. The van der Waals surface area contributed by atoms with E-state index in [0.29, 0.717) is 6.42 Å². The van der Waals surface area contributed by atoms with Gasteiger partial charge in [-0.25, -0.2) is 4.79 Å². The highest BCUT2D eigenvalue weighted by molar-refractivity contribution is 5.41. The van der Waals surface area contributed by atoms with E-state index in [1.54, 1.807) is 0 Å². The van der Waals surface area contributed by atoms with E-state index in [1.165, 1.54) is 0 Å². The van der Waals surface area contributed by atoms with Gasteiger partial charge < -0.3 is 10.7 Å². The Morgan fingerprint density at radius 1 is 1.38 bits per heavy atom. The largest absolute Gasteiger partial charge is 0.399 e. The summed E-state index contributed by atoms with van der Waals surface area (Å²) in [6.45, 7) is 1.84. The Balaban J connectivity index is 2.30. The van der Waals surface area contributed by atoms with Gasteiger partial charge in [-0.05, 0) is 30.7 Å². The fourth-order valence-electron chi connectivity index (χ4n) is 1.65. The molecular weight excluding hydrogens is 202 g/mol. The van der Waals surface area contributed by atoms with Crippen molar-refractivity contribution in [2.24, 2.45) is 0 Å². The van der Waals surface area contributed by atoms with Crippen LogP contribution in [-0.4, -0.2) is 9.97 Å². The maximum Gasteiger partial charge on any atom is 0.345 e. The molecule has 1 aromatic carbocycles. The van der Waals surface area contributed by atoms with E-state index < -0.39 is 0 Å². The number of rotatable bonds is 2. The van der Waals surface area contributed by atoms with E-state index in [4.69, 9.17) is 5.73 Å². The number of aromatic nitrogens is 2. The predicted octanol–water partition coefficient (Wildman–Crippen LogP) is 1.25. The van der Waals surface area contributed by atoms with E-state index in [-0.39, 0.29) is 5.69 Å². The molecule has 0 atom stereocenters. The maximum absolute atomic E-state index is 11.2. The Kier molecular flexibility index (Phi) is 2.72. The number of nitrogen functional groups attached to an aromatic ring is 1. The van der Waals surface area contributed by atoms with Crippen LogP contribution in [0.15, 0.2) is 35.1 Å². The Morgan fingerprint density at radius 3 is 2.88 bits per heavy atom. The van der Waals surface area contributed by atoms with Gasteiger partial charge >= 0.3 is 5.69 Å². The molecule has 1 aromatic heterocycles. The minimum Gasteiger partial charge on any atom is -0.399 e. The van der Waals surface area contributed by atoms with Gasteiger partial charge in [0, 0.05) is 17.8 Å². The maximum atomic E-state index is 11.2. The highest BCUT2D eigenvalue weighted by Crippen LogP contribution is 2.10. The second kappa shape index (κ2) is 4.18. The minimum absolute atomic E-state index is 0.307. The molecule has 0 fully saturated rings. The van der Waals surface area contributed by atoms with Gasteiger partial charge in [-0.2, -0.15) is 4.98 Å². The van der Waals surface area contributed by atoms with Crippen molar-refractivity contribution in [1.29, 1.82) is 0 Å². The molecule has 4 heteroatoms. The molecular formula is C12H13N3O. The lowest BCUT2D eigenvalue weighted by Crippen LogP contribution is -2.14. The van der Waals surface area contributed by atoms with E-state index in [2.05, 4.69) is 9.97 Å². The summed E-state index contributed by atoms with van der Waals surface area (Å²) in [4.78, 5) is 17.7. The Bertz CT molecular complexity index is 560. The van der Waals surface area contributed by atoms with Gasteiger partial charge in [0.05, 0.1) is 5.69 Å². The van der Waals surface area contributed by atoms with Crippen LogP contribution in [0.2, 0.25) is 0 Å². The molecule has 4 nitrogen and oxygen atoms in total. The highest BCUT2D eigenvalue weighted by Gasteiger charge is 2.00. The smallest absolute Gasteiger partial charge is 0.345 e. The molecule has 0 aliphatic rings. The topological polar surface area (TPSA) is 71.8 Å². The van der Waals surface area contributed by atoms with Crippen molar-refractivity contribution in [2.75, 3.05) is 5.73 Å². The van der Waals surface area contributed by atoms with Crippen molar-refractivity contribution in [3.8, 4) is 0 Å². The molecule has 2 rings (SSSR count). The first-order valence-corrected chi connectivity index (χ1v) is 5.05. The molecule has 3 N–H and O–H groups in total. The molecule has 0 bridgehead atoms. The lowest BCUT2D eigenvalue weighted by molar-refractivity contribution is 0.950. The zero-order valence-electron chi connectivity index (χ0n) is 9.03. The van der Waals surface area contributed by atoms with Crippen LogP contribution in [0, 0.1) is 6.92 Å². The molecule has 0 saturated heterocycles. The third kappa shape index (κ3) is 2.48. The number of anilines is 1. The SMILES string of the molecule is Cc1cc(Cc2cccc(N)c2)nc(=O)[nH]1. The van der Waals surface area contributed by atoms with Gasteiger partial charge in [0.25, 0.3) is 0 Å². The minimum atomic E-state index is -0.307. The van der Waals surface area contributed by atoms with Gasteiger partial charge in [0.1, 0.15) is 0 Å². The average molecular weight is 215 g/mol. The number of hydrogen-bond donors (Lipinski definition) is 2. The van der Waals surface area contributed by atoms with Gasteiger partial charge in [0.15, 0.2) is 0 Å². The summed E-state index contributed by atoms with van der Waals surface area (Å²) < 4.78 is 0. The molecule has 0 amide bonds. The Hall–Kier alpha value is -2.10. The van der Waals surface area contributed by atoms with Gasteiger partial charge in [-0.15, -0.1) is 0 Å². The first-order valence-electron chi connectivity index (χ1n) is 5.05. The summed E-state index contributed by atoms with van der Waals surface area (Å²) in [5.41, 5.74) is 8.73. The summed E-state index contributed by atoms with van der Waals surface area (Å²) >= 11 is 0. The van der Waals surface area contributed by atoms with E-state index >= 15 is 0 Å². The number of hydrogen-bond acceptors (Lipinski definition) is 3. The van der Waals surface area contributed by atoms with E-state index in [9.17, 15) is 4.79 Å². The molecule has 0 saturated carbocycles. The normalized spacial score (nSPS) is 10.3. The third-order valence-electron chi connectivity index (χ3n) is 2.27. The van der Waals surface area contributed by atoms with Gasteiger partial charge in [-0.1, -0.05) is 12.1 Å². The van der Waals surface area contributed by atoms with Crippen molar-refractivity contribution in [1.82, 2.24) is 9.97 Å². The second-order valence-electron chi connectivity index (χ2n) is 3.78. The van der Waals surface area contributed by atoms with Crippen molar-refractivity contribution < 1.29 is 0 Å². The van der Waals surface area contributed by atoms with Crippen LogP contribution < -0.4 is 11.4 Å². The average Bonchev–Trinajstić information content (AvgIpc) is 2.15. The molecule has 0 aliphatic heterocycles. The fraction of sp³-hybridized carbons (Fsp3) is 0.167. The number of nitrogens with two attached hydrogens (primary N) is 1. The van der Waals surface area contributed by atoms with Crippen molar-refractivity contribution in [2.45, 2.75) is 13.3 Å². The Morgan fingerprint density at radius 2 is 2.19 bits per heavy atom. The number of aromatic amines is 1. The van der Waals surface area contributed by atoms with Crippen LogP contribution in [0.4, 0.5) is 5.69 Å². The van der Waals surface area contributed by atoms with Gasteiger partial charge in [0.2, 0.25) is 0 Å². The number of benzene rings is 1. The fourth-order valence-corrected chi connectivity index (χ4v) is 1.65. The number of nitrogens with one attached hydrogen (secondary N) is 1. The summed E-state index contributed by atoms with van der Waals surface area (Å²) in [7, 11) is 0. The predicted molar refractivity (Wildman–Crippen MR) is 63.3 cm³/mol. The van der Waals surface area contributed by atoms with Crippen LogP contribution in [-0.2, 0) is 6.42 Å². The number of H-pyrrole nitrogens is 1. The van der Waals surface area contributed by atoms with Crippen molar-refractivity contribution in [3.05, 3.63) is 57.8 Å². The quantitative estimate of drug-likeness (QED) is 0.740. The van der Waals surface area contributed by atoms with Crippen molar-refractivity contribution >= 4 is 5.69 Å². The molecule has 0 spiro atoms. The molecule has 1 heterocycles. The lowest BCUT2D eigenvalue weighted by atomic mass is 10.1. The molecule has 0 unspecified atom stereocenters. The zero-order valence-corrected chi connectivity index (χ0v) is 9.03. The molecule has 0 radical (unpaired) electrons. The van der Waals surface area contributed by atoms with Crippen LogP contribution in [0.1, 0.15) is 17.0 Å². The number of aryl methyl sites for hydroxylation is 1. The summed E-state index contributed by atoms with van der Waals surface area (Å²) in [6, 6.07) is 9.45. The summed E-state index contributed by atoms with van der Waals surface area (Å²) in [6.07, 6.45) is 0.621. The lowest BCUT2D eigenvalue weighted by Gasteiger charge is -2.02. The molecule has 82 valence electrons. The molecule has 16 heavy (non-hydrogen) atoms.